The first-order valence-electron chi connectivity index (χ1n) is 9.40. The minimum atomic E-state index is -0.219. The van der Waals surface area contributed by atoms with Crippen molar-refractivity contribution in [2.75, 3.05) is 24.3 Å². The van der Waals surface area contributed by atoms with Crippen LogP contribution >= 0.6 is 0 Å². The van der Waals surface area contributed by atoms with E-state index >= 15 is 0 Å². The number of hydrogen-bond donors (Lipinski definition) is 3. The van der Waals surface area contributed by atoms with Crippen LogP contribution in [0.5, 0.6) is 0 Å². The molecule has 0 unspecified atom stereocenters. The number of amides is 1. The Labute approximate surface area is 164 Å². The normalized spacial score (nSPS) is 13.2. The quantitative estimate of drug-likeness (QED) is 0.605. The van der Waals surface area contributed by atoms with Crippen molar-refractivity contribution >= 4 is 23.2 Å². The van der Waals surface area contributed by atoms with Crippen molar-refractivity contribution in [1.82, 2.24) is 19.6 Å². The number of carbonyl (C=O) groups excluding carboxylic acids is 1. The Bertz CT molecular complexity index is 935. The highest BCUT2D eigenvalue weighted by molar-refractivity contribution is 6.03. The fourth-order valence-corrected chi connectivity index (χ4v) is 2.84. The molecule has 1 saturated carbocycles. The van der Waals surface area contributed by atoms with E-state index in [-0.39, 0.29) is 5.91 Å². The molecule has 148 valence electrons. The van der Waals surface area contributed by atoms with Gasteiger partial charge in [0.15, 0.2) is 5.65 Å². The van der Waals surface area contributed by atoms with Gasteiger partial charge >= 0.3 is 0 Å². The van der Waals surface area contributed by atoms with Crippen molar-refractivity contribution < 1.29 is 9.90 Å². The summed E-state index contributed by atoms with van der Waals surface area (Å²) in [5.41, 5.74) is 2.46. The molecule has 4 rings (SSSR count). The average molecular weight is 382 g/mol. The largest absolute Gasteiger partial charge is 0.400 e. The van der Waals surface area contributed by atoms with Crippen molar-refractivity contribution in [3.63, 3.8) is 0 Å². The van der Waals surface area contributed by atoms with Crippen molar-refractivity contribution in [3.8, 4) is 0 Å². The van der Waals surface area contributed by atoms with Crippen molar-refractivity contribution in [1.29, 1.82) is 0 Å². The maximum absolute atomic E-state index is 12.6. The second-order valence-electron chi connectivity index (χ2n) is 7.11. The van der Waals surface area contributed by atoms with Crippen LogP contribution in [0.2, 0.25) is 0 Å². The monoisotopic (exact) mass is 382 g/mol. The zero-order valence-corrected chi connectivity index (χ0v) is 16.4. The molecule has 0 atom stereocenters. The minimum absolute atomic E-state index is 0.219. The van der Waals surface area contributed by atoms with Gasteiger partial charge in [0.1, 0.15) is 11.6 Å². The number of hydrogen-bond acceptors (Lipinski definition) is 6. The molecule has 3 N–H and O–H groups in total. The molecule has 3 heterocycles. The number of pyridine rings is 1. The SMILES string of the molecule is CC(C)CNc1cc(NC(=O)c2cccnc2)n2ncc(C3CC3)c2n1.CO. The van der Waals surface area contributed by atoms with Crippen LogP contribution in [-0.2, 0) is 0 Å². The highest BCUT2D eigenvalue weighted by Gasteiger charge is 2.28. The second kappa shape index (κ2) is 8.79. The van der Waals surface area contributed by atoms with Gasteiger partial charge in [-0.05, 0) is 36.8 Å². The molecule has 1 aliphatic rings. The van der Waals surface area contributed by atoms with Gasteiger partial charge in [0.2, 0.25) is 0 Å². The Hall–Kier alpha value is -3.00. The van der Waals surface area contributed by atoms with E-state index in [1.165, 1.54) is 12.8 Å². The maximum Gasteiger partial charge on any atom is 0.258 e. The van der Waals surface area contributed by atoms with Gasteiger partial charge in [-0.3, -0.25) is 9.78 Å². The summed E-state index contributed by atoms with van der Waals surface area (Å²) in [6.07, 6.45) is 7.40. The number of aliphatic hydroxyl groups excluding tert-OH is 1. The van der Waals surface area contributed by atoms with E-state index in [9.17, 15) is 4.79 Å². The van der Waals surface area contributed by atoms with Crippen LogP contribution in [-0.4, -0.2) is 44.3 Å². The van der Waals surface area contributed by atoms with Crippen LogP contribution in [0.4, 0.5) is 11.6 Å². The number of fused-ring (bicyclic) bond motifs is 1. The van der Waals surface area contributed by atoms with Gasteiger partial charge in [-0.1, -0.05) is 13.8 Å². The van der Waals surface area contributed by atoms with Gasteiger partial charge in [0.05, 0.1) is 11.8 Å². The molecular formula is C20H26N6O2. The first-order valence-corrected chi connectivity index (χ1v) is 9.40. The predicted molar refractivity (Wildman–Crippen MR) is 109 cm³/mol. The smallest absolute Gasteiger partial charge is 0.258 e. The van der Waals surface area contributed by atoms with Crippen molar-refractivity contribution in [2.24, 2.45) is 5.92 Å². The van der Waals surface area contributed by atoms with E-state index in [1.54, 1.807) is 29.0 Å². The van der Waals surface area contributed by atoms with E-state index in [0.29, 0.717) is 23.2 Å². The summed E-state index contributed by atoms with van der Waals surface area (Å²) in [6.45, 7) is 5.10. The van der Waals surface area contributed by atoms with Crippen LogP contribution in [0.25, 0.3) is 5.65 Å². The predicted octanol–water partition coefficient (Wildman–Crippen LogP) is 2.93. The molecule has 1 amide bonds. The third-order valence-corrected chi connectivity index (χ3v) is 4.37. The summed E-state index contributed by atoms with van der Waals surface area (Å²) in [7, 11) is 1.00. The summed E-state index contributed by atoms with van der Waals surface area (Å²) >= 11 is 0. The molecule has 1 fully saturated rings. The van der Waals surface area contributed by atoms with E-state index in [4.69, 9.17) is 10.1 Å². The lowest BCUT2D eigenvalue weighted by Crippen LogP contribution is -2.17. The van der Waals surface area contributed by atoms with Crippen LogP contribution < -0.4 is 10.6 Å². The van der Waals surface area contributed by atoms with Gasteiger partial charge in [-0.25, -0.2) is 4.98 Å². The summed E-state index contributed by atoms with van der Waals surface area (Å²) in [5.74, 6) is 2.15. The molecule has 8 nitrogen and oxygen atoms in total. The van der Waals surface area contributed by atoms with Gasteiger partial charge in [0.25, 0.3) is 5.91 Å². The molecule has 8 heteroatoms. The molecule has 0 spiro atoms. The summed E-state index contributed by atoms with van der Waals surface area (Å²) < 4.78 is 1.71. The van der Waals surface area contributed by atoms with Crippen LogP contribution in [0.3, 0.4) is 0 Å². The van der Waals surface area contributed by atoms with Crippen molar-refractivity contribution in [3.05, 3.63) is 47.9 Å². The lowest BCUT2D eigenvalue weighted by molar-refractivity contribution is 0.102. The molecule has 0 aromatic carbocycles. The van der Waals surface area contributed by atoms with E-state index in [2.05, 4.69) is 34.6 Å². The minimum Gasteiger partial charge on any atom is -0.400 e. The molecule has 3 aromatic rings. The Balaban J connectivity index is 0.00000109. The second-order valence-corrected chi connectivity index (χ2v) is 7.11. The van der Waals surface area contributed by atoms with Crippen LogP contribution in [0, 0.1) is 5.92 Å². The lowest BCUT2D eigenvalue weighted by atomic mass is 10.2. The molecule has 0 saturated heterocycles. The lowest BCUT2D eigenvalue weighted by Gasteiger charge is -2.12. The number of nitrogens with one attached hydrogen (secondary N) is 2. The zero-order valence-electron chi connectivity index (χ0n) is 16.4. The molecule has 1 aliphatic carbocycles. The van der Waals surface area contributed by atoms with Gasteiger partial charge in [-0.15, -0.1) is 0 Å². The maximum atomic E-state index is 12.6. The molecule has 28 heavy (non-hydrogen) atoms. The summed E-state index contributed by atoms with van der Waals surface area (Å²) in [5, 5.41) is 17.8. The summed E-state index contributed by atoms with van der Waals surface area (Å²) in [4.78, 5) is 21.3. The fraction of sp³-hybridized carbons (Fsp3) is 0.400. The number of aliphatic hydroxyl groups is 1. The molecule has 0 bridgehead atoms. The number of anilines is 2. The number of nitrogens with zero attached hydrogens (tertiary/aromatic N) is 4. The van der Waals surface area contributed by atoms with Crippen molar-refractivity contribution in [2.45, 2.75) is 32.6 Å². The third-order valence-electron chi connectivity index (χ3n) is 4.37. The Morgan fingerprint density at radius 1 is 1.32 bits per heavy atom. The summed E-state index contributed by atoms with van der Waals surface area (Å²) in [6, 6.07) is 5.30. The Kier molecular flexibility index (Phi) is 6.20. The number of aromatic nitrogens is 4. The topological polar surface area (TPSA) is 104 Å². The first-order chi connectivity index (χ1) is 13.6. The van der Waals surface area contributed by atoms with E-state index < -0.39 is 0 Å². The molecule has 3 aromatic heterocycles. The number of rotatable bonds is 6. The average Bonchev–Trinajstić information content (AvgIpc) is 3.47. The number of carbonyl (C=O) groups is 1. The highest BCUT2D eigenvalue weighted by Crippen LogP contribution is 2.42. The molecular weight excluding hydrogens is 356 g/mol. The van der Waals surface area contributed by atoms with Crippen LogP contribution in [0.1, 0.15) is 48.5 Å². The van der Waals surface area contributed by atoms with Crippen LogP contribution in [0.15, 0.2) is 36.8 Å². The third kappa shape index (κ3) is 4.45. The standard InChI is InChI=1S/C19H22N6O.CH4O/c1-12(2)9-21-16-8-17(24-19(26)14-4-3-7-20-10-14)25-18(23-16)15(11-22-25)13-5-6-13;1-2/h3-4,7-8,10-13H,5-6,9H2,1-2H3,(H,21,23)(H,24,26);2H,1H3. The Morgan fingerprint density at radius 3 is 2.75 bits per heavy atom. The van der Waals surface area contributed by atoms with Gasteiger partial charge < -0.3 is 15.7 Å². The zero-order chi connectivity index (χ0) is 20.1. The molecule has 0 radical (unpaired) electrons. The van der Waals surface area contributed by atoms with Gasteiger partial charge in [-0.2, -0.15) is 9.61 Å². The van der Waals surface area contributed by atoms with E-state index in [1.807, 2.05) is 12.3 Å². The van der Waals surface area contributed by atoms with E-state index in [0.717, 1.165) is 30.7 Å². The fourth-order valence-electron chi connectivity index (χ4n) is 2.84. The Morgan fingerprint density at radius 2 is 2.11 bits per heavy atom. The highest BCUT2D eigenvalue weighted by atomic mass is 16.2. The first kappa shape index (κ1) is 19.8. The van der Waals surface area contributed by atoms with Gasteiger partial charge in [0, 0.05) is 37.7 Å². The molecule has 0 aliphatic heterocycles.